The summed E-state index contributed by atoms with van der Waals surface area (Å²) in [6.45, 7) is 0. The lowest BCUT2D eigenvalue weighted by atomic mass is 9.95. The molecule has 2 aromatic carbocycles. The number of hydrogen-bond acceptors (Lipinski definition) is 2. The molecule has 0 spiro atoms. The van der Waals surface area contributed by atoms with E-state index >= 15 is 0 Å². The fraction of sp³-hybridized carbons (Fsp3) is 0.188. The maximum atomic E-state index is 12.5. The zero-order chi connectivity index (χ0) is 14.3. The van der Waals surface area contributed by atoms with Gasteiger partial charge in [-0.3, -0.25) is 4.79 Å². The second kappa shape index (κ2) is 5.12. The van der Waals surface area contributed by atoms with Gasteiger partial charge in [0.15, 0.2) is 5.78 Å². The van der Waals surface area contributed by atoms with Gasteiger partial charge in [0.25, 0.3) is 0 Å². The lowest BCUT2D eigenvalue weighted by Gasteiger charge is -2.09. The van der Waals surface area contributed by atoms with Gasteiger partial charge < -0.3 is 4.74 Å². The fourth-order valence-corrected chi connectivity index (χ4v) is 3.20. The zero-order valence-corrected chi connectivity index (χ0v) is 12.3. The molecule has 1 aliphatic carbocycles. The van der Waals surface area contributed by atoms with E-state index in [9.17, 15) is 4.79 Å². The number of ether oxygens (including phenoxy) is 1. The number of rotatable bonds is 2. The molecule has 20 heavy (non-hydrogen) atoms. The van der Waals surface area contributed by atoms with E-state index in [-0.39, 0.29) is 11.7 Å². The first-order chi connectivity index (χ1) is 9.58. The van der Waals surface area contributed by atoms with Gasteiger partial charge >= 0.3 is 0 Å². The Morgan fingerprint density at radius 2 is 1.80 bits per heavy atom. The Labute approximate surface area is 127 Å². The van der Waals surface area contributed by atoms with Crippen LogP contribution in [0.5, 0.6) is 5.75 Å². The van der Waals surface area contributed by atoms with Crippen LogP contribution in [0.2, 0.25) is 10.0 Å². The zero-order valence-electron chi connectivity index (χ0n) is 10.8. The second-order valence-electron chi connectivity index (χ2n) is 4.85. The van der Waals surface area contributed by atoms with Gasteiger partial charge in [0.2, 0.25) is 0 Å². The van der Waals surface area contributed by atoms with E-state index in [0.717, 1.165) is 22.4 Å². The molecule has 1 atom stereocenters. The van der Waals surface area contributed by atoms with Gasteiger partial charge in [-0.15, -0.1) is 0 Å². The van der Waals surface area contributed by atoms with E-state index in [0.29, 0.717) is 16.5 Å². The Morgan fingerprint density at radius 3 is 2.45 bits per heavy atom. The van der Waals surface area contributed by atoms with Crippen LogP contribution in [-0.4, -0.2) is 12.9 Å². The van der Waals surface area contributed by atoms with E-state index < -0.39 is 0 Å². The van der Waals surface area contributed by atoms with Crippen molar-refractivity contribution in [2.75, 3.05) is 7.11 Å². The molecule has 3 rings (SSSR count). The van der Waals surface area contributed by atoms with E-state index in [1.165, 1.54) is 0 Å². The van der Waals surface area contributed by atoms with Crippen molar-refractivity contribution in [3.8, 4) is 5.75 Å². The van der Waals surface area contributed by atoms with Gasteiger partial charge in [-0.1, -0.05) is 23.2 Å². The third-order valence-corrected chi connectivity index (χ3v) is 4.04. The third kappa shape index (κ3) is 2.30. The lowest BCUT2D eigenvalue weighted by molar-refractivity contribution is 0.0973. The number of carbonyl (C=O) groups is 1. The maximum absolute atomic E-state index is 12.5. The predicted molar refractivity (Wildman–Crippen MR) is 80.2 cm³/mol. The van der Waals surface area contributed by atoms with Gasteiger partial charge in [0.05, 0.1) is 13.0 Å². The van der Waals surface area contributed by atoms with Crippen molar-refractivity contribution in [1.29, 1.82) is 0 Å². The van der Waals surface area contributed by atoms with Gasteiger partial charge in [-0.05, 0) is 53.9 Å². The largest absolute Gasteiger partial charge is 0.497 e. The van der Waals surface area contributed by atoms with Crippen LogP contribution in [-0.2, 0) is 6.42 Å². The molecule has 2 nitrogen and oxygen atoms in total. The number of carbonyl (C=O) groups excluding carboxylic acids is 1. The number of fused-ring (bicyclic) bond motifs is 1. The predicted octanol–water partition coefficient (Wildman–Crippen LogP) is 4.52. The molecular formula is C16H12Cl2O2. The molecular weight excluding hydrogens is 295 g/mol. The first-order valence-corrected chi connectivity index (χ1v) is 7.01. The Balaban J connectivity index is 2.00. The van der Waals surface area contributed by atoms with E-state index in [1.54, 1.807) is 25.3 Å². The van der Waals surface area contributed by atoms with Crippen molar-refractivity contribution in [3.63, 3.8) is 0 Å². The fourth-order valence-electron chi connectivity index (χ4n) is 2.65. The lowest BCUT2D eigenvalue weighted by Crippen LogP contribution is -2.06. The Hall–Kier alpha value is -1.51. The van der Waals surface area contributed by atoms with Crippen LogP contribution < -0.4 is 4.74 Å². The average molecular weight is 307 g/mol. The van der Waals surface area contributed by atoms with Gasteiger partial charge in [-0.25, -0.2) is 0 Å². The number of hydrogen-bond donors (Lipinski definition) is 0. The Bertz CT molecular complexity index is 675. The van der Waals surface area contributed by atoms with Gasteiger partial charge in [0, 0.05) is 15.6 Å². The molecule has 0 saturated carbocycles. The number of benzene rings is 2. The molecule has 0 amide bonds. The average Bonchev–Trinajstić information content (AvgIpc) is 2.74. The van der Waals surface area contributed by atoms with Crippen molar-refractivity contribution >= 4 is 29.0 Å². The highest BCUT2D eigenvalue weighted by Gasteiger charge is 2.32. The van der Waals surface area contributed by atoms with Crippen molar-refractivity contribution in [1.82, 2.24) is 0 Å². The minimum Gasteiger partial charge on any atom is -0.497 e. The maximum Gasteiger partial charge on any atom is 0.170 e. The van der Waals surface area contributed by atoms with Gasteiger partial charge in [0.1, 0.15) is 5.75 Å². The molecule has 2 aromatic rings. The van der Waals surface area contributed by atoms with E-state index in [1.807, 2.05) is 18.2 Å². The molecule has 102 valence electrons. The number of methoxy groups -OCH3 is 1. The van der Waals surface area contributed by atoms with Gasteiger partial charge in [-0.2, -0.15) is 0 Å². The summed E-state index contributed by atoms with van der Waals surface area (Å²) in [6, 6.07) is 10.8. The molecule has 0 fully saturated rings. The highest BCUT2D eigenvalue weighted by atomic mass is 35.5. The summed E-state index contributed by atoms with van der Waals surface area (Å²) >= 11 is 12.0. The van der Waals surface area contributed by atoms with Crippen LogP contribution >= 0.6 is 23.2 Å². The number of halogens is 2. The SMILES string of the molecule is COc1ccc2c(c1)CC(c1cc(Cl)cc(Cl)c1)C2=O. The molecule has 0 saturated heterocycles. The summed E-state index contributed by atoms with van der Waals surface area (Å²) in [4.78, 5) is 12.5. The van der Waals surface area contributed by atoms with Crippen molar-refractivity contribution in [3.05, 3.63) is 63.1 Å². The molecule has 0 heterocycles. The standard InChI is InChI=1S/C16H12Cl2O2/c1-20-13-2-3-14-10(6-13)7-15(16(14)19)9-4-11(17)8-12(18)5-9/h2-6,8,15H,7H2,1H3. The van der Waals surface area contributed by atoms with Crippen LogP contribution in [0, 0.1) is 0 Å². The van der Waals surface area contributed by atoms with Crippen molar-refractivity contribution < 1.29 is 9.53 Å². The second-order valence-corrected chi connectivity index (χ2v) is 5.72. The minimum absolute atomic E-state index is 0.112. The molecule has 1 unspecified atom stereocenters. The van der Waals surface area contributed by atoms with Crippen LogP contribution in [0.3, 0.4) is 0 Å². The summed E-state index contributed by atoms with van der Waals surface area (Å²) in [5.41, 5.74) is 2.63. The Morgan fingerprint density at radius 1 is 1.10 bits per heavy atom. The summed E-state index contributed by atoms with van der Waals surface area (Å²) in [5.74, 6) is 0.663. The number of Topliss-reactive ketones (excluding diaryl/α,β-unsaturated/α-hetero) is 1. The van der Waals surface area contributed by atoms with E-state index in [4.69, 9.17) is 27.9 Å². The van der Waals surface area contributed by atoms with Crippen molar-refractivity contribution in [2.24, 2.45) is 0 Å². The molecule has 0 aromatic heterocycles. The highest BCUT2D eigenvalue weighted by Crippen LogP contribution is 2.37. The molecule has 0 N–H and O–H groups in total. The van der Waals surface area contributed by atoms with Crippen molar-refractivity contribution in [2.45, 2.75) is 12.3 Å². The molecule has 0 bridgehead atoms. The Kier molecular flexibility index (Phi) is 3.45. The monoisotopic (exact) mass is 306 g/mol. The molecule has 0 radical (unpaired) electrons. The molecule has 1 aliphatic rings. The van der Waals surface area contributed by atoms with Crippen LogP contribution in [0.25, 0.3) is 0 Å². The first-order valence-electron chi connectivity index (χ1n) is 6.25. The molecule has 4 heteroatoms. The summed E-state index contributed by atoms with van der Waals surface area (Å²) in [6.07, 6.45) is 0.655. The van der Waals surface area contributed by atoms with Crippen LogP contribution in [0.15, 0.2) is 36.4 Å². The van der Waals surface area contributed by atoms with Crippen LogP contribution in [0.1, 0.15) is 27.4 Å². The quantitative estimate of drug-likeness (QED) is 0.815. The first kappa shape index (κ1) is 13.5. The topological polar surface area (TPSA) is 26.3 Å². The summed E-state index contributed by atoms with van der Waals surface area (Å²) < 4.78 is 5.20. The smallest absolute Gasteiger partial charge is 0.170 e. The van der Waals surface area contributed by atoms with Crippen LogP contribution in [0.4, 0.5) is 0 Å². The summed E-state index contributed by atoms with van der Waals surface area (Å²) in [5, 5.41) is 1.10. The molecule has 0 aliphatic heterocycles. The highest BCUT2D eigenvalue weighted by molar-refractivity contribution is 6.34. The minimum atomic E-state index is -0.215. The third-order valence-electron chi connectivity index (χ3n) is 3.61. The van der Waals surface area contributed by atoms with E-state index in [2.05, 4.69) is 0 Å². The normalized spacial score (nSPS) is 17.1. The number of ketones is 1. The summed E-state index contributed by atoms with van der Waals surface area (Å²) in [7, 11) is 1.62.